The van der Waals surface area contributed by atoms with Crippen LogP contribution in [0.25, 0.3) is 0 Å². The smallest absolute Gasteiger partial charge is 0.0674 e. The van der Waals surface area contributed by atoms with E-state index in [0.717, 1.165) is 19.3 Å². The van der Waals surface area contributed by atoms with Gasteiger partial charge in [-0.05, 0) is 32.1 Å². The summed E-state index contributed by atoms with van der Waals surface area (Å²) in [5.74, 6) is 0. The van der Waals surface area contributed by atoms with E-state index in [2.05, 4.69) is 12.2 Å². The molecule has 0 aromatic carbocycles. The van der Waals surface area contributed by atoms with Crippen molar-refractivity contribution in [1.29, 1.82) is 0 Å². The molecule has 2 unspecified atom stereocenters. The second kappa shape index (κ2) is 3.00. The Morgan fingerprint density at radius 3 is 2.42 bits per heavy atom. The summed E-state index contributed by atoms with van der Waals surface area (Å²) >= 11 is 0. The molecule has 70 valence electrons. The second-order valence-corrected chi connectivity index (χ2v) is 4.48. The van der Waals surface area contributed by atoms with Gasteiger partial charge in [-0.25, -0.2) is 0 Å². The highest BCUT2D eigenvalue weighted by molar-refractivity contribution is 4.96. The maximum absolute atomic E-state index is 10.1. The van der Waals surface area contributed by atoms with Crippen molar-refractivity contribution in [3.63, 3.8) is 0 Å². The van der Waals surface area contributed by atoms with Crippen LogP contribution in [0.15, 0.2) is 0 Å². The number of rotatable bonds is 1. The van der Waals surface area contributed by atoms with Gasteiger partial charge in [0.25, 0.3) is 0 Å². The van der Waals surface area contributed by atoms with E-state index >= 15 is 0 Å². The maximum Gasteiger partial charge on any atom is 0.0674 e. The molecule has 2 N–H and O–H groups in total. The van der Waals surface area contributed by atoms with E-state index in [4.69, 9.17) is 0 Å². The normalized spacial score (nSPS) is 47.5. The molecule has 2 saturated heterocycles. The van der Waals surface area contributed by atoms with Crippen LogP contribution in [-0.2, 0) is 0 Å². The number of hydrogen-bond acceptors (Lipinski definition) is 2. The van der Waals surface area contributed by atoms with Crippen molar-refractivity contribution in [1.82, 2.24) is 5.32 Å². The lowest BCUT2D eigenvalue weighted by atomic mass is 9.76. The summed E-state index contributed by atoms with van der Waals surface area (Å²) in [7, 11) is 0. The van der Waals surface area contributed by atoms with Crippen molar-refractivity contribution < 1.29 is 5.11 Å². The fraction of sp³-hybridized carbons (Fsp3) is 1.00. The van der Waals surface area contributed by atoms with E-state index < -0.39 is 0 Å². The molecule has 2 fully saturated rings. The molecule has 2 aliphatic heterocycles. The molecule has 2 bridgehead atoms. The molecule has 2 heterocycles. The standard InChI is InChI=1S/C10H19NO/c1-2-10(12)6-8-4-3-5-9(7-10)11-8/h8-9,11-12H,2-7H2,1H3. The highest BCUT2D eigenvalue weighted by atomic mass is 16.3. The van der Waals surface area contributed by atoms with Gasteiger partial charge in [0.05, 0.1) is 5.60 Å². The van der Waals surface area contributed by atoms with Crippen molar-refractivity contribution in [3.05, 3.63) is 0 Å². The quantitative estimate of drug-likeness (QED) is 0.622. The number of nitrogens with one attached hydrogen (secondary N) is 1. The molecule has 0 aromatic heterocycles. The average molecular weight is 169 g/mol. The summed E-state index contributed by atoms with van der Waals surface area (Å²) in [6.45, 7) is 2.10. The summed E-state index contributed by atoms with van der Waals surface area (Å²) in [5.41, 5.74) is -0.346. The lowest BCUT2D eigenvalue weighted by Crippen LogP contribution is -2.55. The lowest BCUT2D eigenvalue weighted by Gasteiger charge is -2.45. The van der Waals surface area contributed by atoms with Gasteiger partial charge in [-0.15, -0.1) is 0 Å². The van der Waals surface area contributed by atoms with Gasteiger partial charge >= 0.3 is 0 Å². The molecule has 2 rings (SSSR count). The summed E-state index contributed by atoms with van der Waals surface area (Å²) < 4.78 is 0. The van der Waals surface area contributed by atoms with Gasteiger partial charge < -0.3 is 10.4 Å². The van der Waals surface area contributed by atoms with Gasteiger partial charge in [-0.1, -0.05) is 13.3 Å². The molecule has 0 aliphatic carbocycles. The molecule has 12 heavy (non-hydrogen) atoms. The monoisotopic (exact) mass is 169 g/mol. The van der Waals surface area contributed by atoms with Crippen LogP contribution < -0.4 is 5.32 Å². The molecule has 2 aliphatic rings. The summed E-state index contributed by atoms with van der Waals surface area (Å²) in [6, 6.07) is 1.20. The van der Waals surface area contributed by atoms with Gasteiger partial charge in [0.15, 0.2) is 0 Å². The Labute approximate surface area is 74.4 Å². The number of aliphatic hydroxyl groups is 1. The Bertz CT molecular complexity index is 157. The first-order valence-electron chi connectivity index (χ1n) is 5.20. The molecule has 0 aromatic rings. The third kappa shape index (κ3) is 1.50. The summed E-state index contributed by atoms with van der Waals surface area (Å²) in [4.78, 5) is 0. The fourth-order valence-corrected chi connectivity index (χ4v) is 2.72. The minimum atomic E-state index is -0.346. The summed E-state index contributed by atoms with van der Waals surface area (Å²) in [5, 5.41) is 13.7. The van der Waals surface area contributed by atoms with Crippen molar-refractivity contribution in [2.45, 2.75) is 63.1 Å². The maximum atomic E-state index is 10.1. The van der Waals surface area contributed by atoms with Crippen molar-refractivity contribution >= 4 is 0 Å². The Morgan fingerprint density at radius 2 is 1.92 bits per heavy atom. The minimum absolute atomic E-state index is 0.346. The van der Waals surface area contributed by atoms with Crippen LogP contribution in [0.3, 0.4) is 0 Å². The highest BCUT2D eigenvalue weighted by Crippen LogP contribution is 2.34. The Morgan fingerprint density at radius 1 is 1.33 bits per heavy atom. The van der Waals surface area contributed by atoms with E-state index in [9.17, 15) is 5.11 Å². The zero-order valence-corrected chi connectivity index (χ0v) is 7.84. The van der Waals surface area contributed by atoms with E-state index in [1.54, 1.807) is 0 Å². The topological polar surface area (TPSA) is 32.3 Å². The Hall–Kier alpha value is -0.0800. The van der Waals surface area contributed by atoms with E-state index in [0.29, 0.717) is 12.1 Å². The van der Waals surface area contributed by atoms with Gasteiger partial charge in [0.2, 0.25) is 0 Å². The van der Waals surface area contributed by atoms with Crippen LogP contribution in [0.5, 0.6) is 0 Å². The molecule has 0 amide bonds. The third-order valence-electron chi connectivity index (χ3n) is 3.49. The molecular formula is C10H19NO. The fourth-order valence-electron chi connectivity index (χ4n) is 2.72. The Balaban J connectivity index is 2.05. The lowest BCUT2D eigenvalue weighted by molar-refractivity contribution is -0.0334. The number of hydrogen-bond donors (Lipinski definition) is 2. The number of piperidine rings is 2. The molecule has 2 atom stereocenters. The molecular weight excluding hydrogens is 150 g/mol. The van der Waals surface area contributed by atoms with Crippen LogP contribution in [-0.4, -0.2) is 22.8 Å². The van der Waals surface area contributed by atoms with Crippen molar-refractivity contribution in [3.8, 4) is 0 Å². The first kappa shape index (κ1) is 8.52. The van der Waals surface area contributed by atoms with Crippen LogP contribution in [0.1, 0.15) is 45.4 Å². The van der Waals surface area contributed by atoms with Crippen LogP contribution in [0.2, 0.25) is 0 Å². The van der Waals surface area contributed by atoms with Crippen LogP contribution >= 0.6 is 0 Å². The SMILES string of the molecule is CCC1(O)CC2CCCC(C1)N2. The van der Waals surface area contributed by atoms with Crippen LogP contribution in [0.4, 0.5) is 0 Å². The molecule has 2 nitrogen and oxygen atoms in total. The highest BCUT2D eigenvalue weighted by Gasteiger charge is 2.38. The zero-order chi connectivity index (χ0) is 8.60. The molecule has 2 heteroatoms. The Kier molecular flexibility index (Phi) is 2.13. The molecule has 0 saturated carbocycles. The average Bonchev–Trinajstić information content (AvgIpc) is 2.03. The van der Waals surface area contributed by atoms with E-state index in [1.165, 1.54) is 19.3 Å². The van der Waals surface area contributed by atoms with Gasteiger partial charge in [0, 0.05) is 12.1 Å². The first-order valence-corrected chi connectivity index (χ1v) is 5.20. The predicted octanol–water partition coefficient (Wildman–Crippen LogP) is 1.43. The van der Waals surface area contributed by atoms with Crippen molar-refractivity contribution in [2.24, 2.45) is 0 Å². The predicted molar refractivity (Wildman–Crippen MR) is 49.0 cm³/mol. The summed E-state index contributed by atoms with van der Waals surface area (Å²) in [6.07, 6.45) is 6.74. The second-order valence-electron chi connectivity index (χ2n) is 4.48. The van der Waals surface area contributed by atoms with E-state index in [-0.39, 0.29) is 5.60 Å². The minimum Gasteiger partial charge on any atom is -0.390 e. The van der Waals surface area contributed by atoms with Gasteiger partial charge in [-0.2, -0.15) is 0 Å². The van der Waals surface area contributed by atoms with E-state index in [1.807, 2.05) is 0 Å². The number of fused-ring (bicyclic) bond motifs is 2. The van der Waals surface area contributed by atoms with Crippen molar-refractivity contribution in [2.75, 3.05) is 0 Å². The van der Waals surface area contributed by atoms with Gasteiger partial charge in [-0.3, -0.25) is 0 Å². The first-order chi connectivity index (χ1) is 5.72. The van der Waals surface area contributed by atoms with Crippen LogP contribution in [0, 0.1) is 0 Å². The van der Waals surface area contributed by atoms with Gasteiger partial charge in [0.1, 0.15) is 0 Å². The third-order valence-corrected chi connectivity index (χ3v) is 3.49. The molecule has 0 spiro atoms. The zero-order valence-electron chi connectivity index (χ0n) is 7.84. The molecule has 0 radical (unpaired) electrons. The largest absolute Gasteiger partial charge is 0.390 e.